The summed E-state index contributed by atoms with van der Waals surface area (Å²) >= 11 is 3.39. The fourth-order valence-electron chi connectivity index (χ4n) is 3.31. The van der Waals surface area contributed by atoms with Crippen LogP contribution in [0.4, 0.5) is 0 Å². The molecule has 1 aliphatic carbocycles. The molecule has 4 heteroatoms. The van der Waals surface area contributed by atoms with E-state index in [1.165, 1.54) is 12.8 Å². The van der Waals surface area contributed by atoms with Gasteiger partial charge in [0.05, 0.1) is 0 Å². The zero-order chi connectivity index (χ0) is 15.5. The van der Waals surface area contributed by atoms with Crippen LogP contribution in [-0.4, -0.2) is 37.0 Å². The molecule has 0 saturated heterocycles. The van der Waals surface area contributed by atoms with Crippen LogP contribution in [0, 0.1) is 5.92 Å². The Morgan fingerprint density at radius 3 is 2.62 bits per heavy atom. The molecule has 0 bridgehead atoms. The van der Waals surface area contributed by atoms with Gasteiger partial charge in [-0.3, -0.25) is 4.79 Å². The second-order valence-corrected chi connectivity index (χ2v) is 7.43. The number of halogens is 1. The van der Waals surface area contributed by atoms with Gasteiger partial charge in [0.2, 0.25) is 0 Å². The molecule has 1 N–H and O–H groups in total. The average Bonchev–Trinajstić information content (AvgIpc) is 2.45. The maximum absolute atomic E-state index is 12.3. The standard InChI is InChI=1S/C17H25BrN2O/c1-13-5-4-10-17(11-13,20(2)3)12-19-16(21)14-6-8-15(18)9-7-14/h6-9,13H,4-5,10-12H2,1-3H3,(H,19,21). The van der Waals surface area contributed by atoms with E-state index in [4.69, 9.17) is 0 Å². The summed E-state index contributed by atoms with van der Waals surface area (Å²) in [5, 5.41) is 3.13. The van der Waals surface area contributed by atoms with E-state index in [2.05, 4.69) is 47.2 Å². The Labute approximate surface area is 136 Å². The Balaban J connectivity index is 2.02. The van der Waals surface area contributed by atoms with Gasteiger partial charge in [-0.1, -0.05) is 35.7 Å². The van der Waals surface area contributed by atoms with E-state index in [0.717, 1.165) is 35.3 Å². The molecule has 1 amide bonds. The molecule has 0 aliphatic heterocycles. The van der Waals surface area contributed by atoms with Gasteiger partial charge < -0.3 is 10.2 Å². The molecular weight excluding hydrogens is 328 g/mol. The molecule has 21 heavy (non-hydrogen) atoms. The summed E-state index contributed by atoms with van der Waals surface area (Å²) in [7, 11) is 4.26. The number of amides is 1. The van der Waals surface area contributed by atoms with E-state index in [-0.39, 0.29) is 11.4 Å². The van der Waals surface area contributed by atoms with Crippen molar-refractivity contribution < 1.29 is 4.79 Å². The Bertz CT molecular complexity index is 486. The van der Waals surface area contributed by atoms with Gasteiger partial charge in [0.15, 0.2) is 0 Å². The zero-order valence-electron chi connectivity index (χ0n) is 13.2. The van der Waals surface area contributed by atoms with Gasteiger partial charge >= 0.3 is 0 Å². The van der Waals surface area contributed by atoms with Crippen molar-refractivity contribution in [2.24, 2.45) is 5.92 Å². The Hall–Kier alpha value is -0.870. The van der Waals surface area contributed by atoms with Crippen molar-refractivity contribution in [3.05, 3.63) is 34.3 Å². The molecule has 0 spiro atoms. The molecule has 1 aromatic carbocycles. The van der Waals surface area contributed by atoms with Crippen LogP contribution in [0.3, 0.4) is 0 Å². The van der Waals surface area contributed by atoms with Gasteiger partial charge in [0.1, 0.15) is 0 Å². The van der Waals surface area contributed by atoms with Crippen molar-refractivity contribution in [1.82, 2.24) is 10.2 Å². The average molecular weight is 353 g/mol. The third kappa shape index (κ3) is 4.07. The van der Waals surface area contributed by atoms with E-state index in [0.29, 0.717) is 0 Å². The van der Waals surface area contributed by atoms with Crippen LogP contribution in [-0.2, 0) is 0 Å². The summed E-state index contributed by atoms with van der Waals surface area (Å²) in [6.07, 6.45) is 4.86. The number of nitrogens with zero attached hydrogens (tertiary/aromatic N) is 1. The highest BCUT2D eigenvalue weighted by Gasteiger charge is 2.37. The first-order valence-corrected chi connectivity index (χ1v) is 8.43. The third-order valence-electron chi connectivity index (χ3n) is 4.70. The topological polar surface area (TPSA) is 32.3 Å². The smallest absolute Gasteiger partial charge is 0.251 e. The predicted molar refractivity (Wildman–Crippen MR) is 90.5 cm³/mol. The SMILES string of the molecule is CC1CCCC(CNC(=O)c2ccc(Br)cc2)(N(C)C)C1. The van der Waals surface area contributed by atoms with Crippen LogP contribution in [0.1, 0.15) is 43.0 Å². The summed E-state index contributed by atoms with van der Waals surface area (Å²) in [5.74, 6) is 0.743. The third-order valence-corrected chi connectivity index (χ3v) is 5.23. The molecule has 2 unspecified atom stereocenters. The molecule has 1 aliphatic rings. The van der Waals surface area contributed by atoms with Crippen molar-refractivity contribution in [2.75, 3.05) is 20.6 Å². The molecule has 0 heterocycles. The van der Waals surface area contributed by atoms with Gasteiger partial charge in [-0.2, -0.15) is 0 Å². The summed E-state index contributed by atoms with van der Waals surface area (Å²) < 4.78 is 0.991. The second kappa shape index (κ2) is 6.93. The monoisotopic (exact) mass is 352 g/mol. The number of hydrogen-bond acceptors (Lipinski definition) is 2. The first-order valence-electron chi connectivity index (χ1n) is 7.64. The highest BCUT2D eigenvalue weighted by Crippen LogP contribution is 2.35. The van der Waals surface area contributed by atoms with Crippen molar-refractivity contribution in [2.45, 2.75) is 38.1 Å². The molecule has 2 rings (SSSR count). The molecule has 1 aromatic rings. The molecule has 2 atom stereocenters. The number of likely N-dealkylation sites (N-methyl/N-ethyl adjacent to an activating group) is 1. The number of carbonyl (C=O) groups excluding carboxylic acids is 1. The van der Waals surface area contributed by atoms with Crippen molar-refractivity contribution in [3.8, 4) is 0 Å². The van der Waals surface area contributed by atoms with Crippen LogP contribution in [0.15, 0.2) is 28.7 Å². The molecule has 0 aromatic heterocycles. The van der Waals surface area contributed by atoms with Crippen molar-refractivity contribution in [3.63, 3.8) is 0 Å². The lowest BCUT2D eigenvalue weighted by molar-refractivity contribution is 0.0675. The van der Waals surface area contributed by atoms with Crippen LogP contribution in [0.25, 0.3) is 0 Å². The van der Waals surface area contributed by atoms with Gasteiger partial charge in [0, 0.05) is 22.1 Å². The van der Waals surface area contributed by atoms with E-state index in [1.54, 1.807) is 0 Å². The van der Waals surface area contributed by atoms with Gasteiger partial charge in [-0.15, -0.1) is 0 Å². The van der Waals surface area contributed by atoms with Crippen molar-refractivity contribution in [1.29, 1.82) is 0 Å². The lowest BCUT2D eigenvalue weighted by Crippen LogP contribution is -2.55. The summed E-state index contributed by atoms with van der Waals surface area (Å²) in [6.45, 7) is 3.03. The zero-order valence-corrected chi connectivity index (χ0v) is 14.7. The lowest BCUT2D eigenvalue weighted by atomic mass is 9.75. The van der Waals surface area contributed by atoms with E-state index >= 15 is 0 Å². The van der Waals surface area contributed by atoms with Gasteiger partial charge in [-0.25, -0.2) is 0 Å². The molecule has 116 valence electrons. The highest BCUT2D eigenvalue weighted by atomic mass is 79.9. The minimum absolute atomic E-state index is 0.0157. The summed E-state index contributed by atoms with van der Waals surface area (Å²) in [6, 6.07) is 7.51. The molecule has 0 radical (unpaired) electrons. The van der Waals surface area contributed by atoms with Crippen molar-refractivity contribution >= 4 is 21.8 Å². The van der Waals surface area contributed by atoms with Crippen LogP contribution >= 0.6 is 15.9 Å². The highest BCUT2D eigenvalue weighted by molar-refractivity contribution is 9.10. The first kappa shape index (κ1) is 16.5. The normalized spacial score (nSPS) is 25.9. The predicted octanol–water partition coefficient (Wildman–Crippen LogP) is 3.69. The summed E-state index contributed by atoms with van der Waals surface area (Å²) in [5.41, 5.74) is 0.818. The van der Waals surface area contributed by atoms with Gasteiger partial charge in [-0.05, 0) is 57.1 Å². The second-order valence-electron chi connectivity index (χ2n) is 6.51. The Morgan fingerprint density at radius 2 is 2.05 bits per heavy atom. The maximum atomic E-state index is 12.3. The van der Waals surface area contributed by atoms with Crippen LogP contribution < -0.4 is 5.32 Å². The first-order chi connectivity index (χ1) is 9.93. The molecule has 3 nitrogen and oxygen atoms in total. The quantitative estimate of drug-likeness (QED) is 0.895. The minimum Gasteiger partial charge on any atom is -0.350 e. The molecule has 1 fully saturated rings. The Kier molecular flexibility index (Phi) is 5.44. The lowest BCUT2D eigenvalue weighted by Gasteiger charge is -2.45. The largest absolute Gasteiger partial charge is 0.350 e. The van der Waals surface area contributed by atoms with E-state index in [9.17, 15) is 4.79 Å². The fourth-order valence-corrected chi connectivity index (χ4v) is 3.57. The van der Waals surface area contributed by atoms with Gasteiger partial charge in [0.25, 0.3) is 5.91 Å². The molecule has 1 saturated carbocycles. The van der Waals surface area contributed by atoms with E-state index in [1.807, 2.05) is 24.3 Å². The van der Waals surface area contributed by atoms with E-state index < -0.39 is 0 Å². The number of benzene rings is 1. The Morgan fingerprint density at radius 1 is 1.38 bits per heavy atom. The summed E-state index contributed by atoms with van der Waals surface area (Å²) in [4.78, 5) is 14.6. The number of hydrogen-bond donors (Lipinski definition) is 1. The number of carbonyl (C=O) groups is 1. The van der Waals surface area contributed by atoms with Crippen LogP contribution in [0.2, 0.25) is 0 Å². The maximum Gasteiger partial charge on any atom is 0.251 e. The van der Waals surface area contributed by atoms with Crippen LogP contribution in [0.5, 0.6) is 0 Å². The minimum atomic E-state index is 0.0157. The fraction of sp³-hybridized carbons (Fsp3) is 0.588. The molecular formula is C17H25BrN2O. The number of rotatable bonds is 4. The number of nitrogens with one attached hydrogen (secondary N) is 1.